The van der Waals surface area contributed by atoms with Gasteiger partial charge in [0.2, 0.25) is 5.91 Å². The number of rotatable bonds is 2. The standard InChI is InChI=1S/C10H13BrN2O/c11-9-4-3-7-13(9)8-10(14)12-5-1-2-6-12/h3-4,7H,1-2,5-6,8H2. The summed E-state index contributed by atoms with van der Waals surface area (Å²) in [5, 5.41) is 0. The van der Waals surface area contributed by atoms with E-state index in [1.807, 2.05) is 27.8 Å². The van der Waals surface area contributed by atoms with Crippen molar-refractivity contribution in [1.29, 1.82) is 0 Å². The Labute approximate surface area is 91.8 Å². The molecular weight excluding hydrogens is 244 g/mol. The van der Waals surface area contributed by atoms with Gasteiger partial charge in [0.05, 0.1) is 4.60 Å². The van der Waals surface area contributed by atoms with Crippen molar-refractivity contribution >= 4 is 21.8 Å². The summed E-state index contributed by atoms with van der Waals surface area (Å²) in [6, 6.07) is 3.87. The van der Waals surface area contributed by atoms with Crippen molar-refractivity contribution in [2.24, 2.45) is 0 Å². The van der Waals surface area contributed by atoms with Crippen LogP contribution in [0.2, 0.25) is 0 Å². The molecule has 0 saturated carbocycles. The lowest BCUT2D eigenvalue weighted by molar-refractivity contribution is -0.130. The van der Waals surface area contributed by atoms with Gasteiger partial charge in [0.1, 0.15) is 6.54 Å². The molecule has 14 heavy (non-hydrogen) atoms. The summed E-state index contributed by atoms with van der Waals surface area (Å²) in [5.41, 5.74) is 0. The second-order valence-corrected chi connectivity index (χ2v) is 4.36. The van der Waals surface area contributed by atoms with Crippen LogP contribution in [0.5, 0.6) is 0 Å². The number of hydrogen-bond donors (Lipinski definition) is 0. The van der Waals surface area contributed by atoms with E-state index >= 15 is 0 Å². The Hall–Kier alpha value is -0.770. The summed E-state index contributed by atoms with van der Waals surface area (Å²) < 4.78 is 2.88. The summed E-state index contributed by atoms with van der Waals surface area (Å²) in [5.74, 6) is 0.222. The van der Waals surface area contributed by atoms with Gasteiger partial charge in [-0.3, -0.25) is 4.79 Å². The molecule has 1 aromatic rings. The van der Waals surface area contributed by atoms with Gasteiger partial charge in [0.25, 0.3) is 0 Å². The van der Waals surface area contributed by atoms with Gasteiger partial charge >= 0.3 is 0 Å². The molecule has 1 saturated heterocycles. The summed E-state index contributed by atoms with van der Waals surface area (Å²) in [4.78, 5) is 13.7. The minimum Gasteiger partial charge on any atom is -0.341 e. The molecule has 0 bridgehead atoms. The fourth-order valence-corrected chi connectivity index (χ4v) is 2.13. The second-order valence-electron chi connectivity index (χ2n) is 3.55. The van der Waals surface area contributed by atoms with E-state index in [1.165, 1.54) is 0 Å². The molecule has 3 nitrogen and oxygen atoms in total. The average molecular weight is 257 g/mol. The first-order valence-electron chi connectivity index (χ1n) is 4.86. The molecule has 0 unspecified atom stereocenters. The van der Waals surface area contributed by atoms with Crippen molar-refractivity contribution in [2.45, 2.75) is 19.4 Å². The zero-order valence-corrected chi connectivity index (χ0v) is 9.53. The van der Waals surface area contributed by atoms with Crippen LogP contribution in [0.4, 0.5) is 0 Å². The molecule has 0 atom stereocenters. The molecule has 76 valence electrons. The summed E-state index contributed by atoms with van der Waals surface area (Å²) in [6.07, 6.45) is 4.22. The molecular formula is C10H13BrN2O. The molecule has 2 heterocycles. The Morgan fingerprint density at radius 1 is 1.43 bits per heavy atom. The predicted octanol–water partition coefficient (Wildman–Crippen LogP) is 1.87. The minimum atomic E-state index is 0.222. The molecule has 0 aliphatic carbocycles. The number of halogens is 1. The number of carbonyl (C=O) groups excluding carboxylic acids is 1. The van der Waals surface area contributed by atoms with E-state index in [-0.39, 0.29) is 5.91 Å². The Morgan fingerprint density at radius 2 is 2.14 bits per heavy atom. The molecule has 1 aromatic heterocycles. The SMILES string of the molecule is O=C(Cn1cccc1Br)N1CCCC1. The second kappa shape index (κ2) is 4.17. The summed E-state index contributed by atoms with van der Waals surface area (Å²) >= 11 is 3.40. The van der Waals surface area contributed by atoms with Crippen molar-refractivity contribution < 1.29 is 4.79 Å². The largest absolute Gasteiger partial charge is 0.341 e. The lowest BCUT2D eigenvalue weighted by atomic mass is 10.4. The highest BCUT2D eigenvalue weighted by Crippen LogP contribution is 2.13. The molecule has 0 aromatic carbocycles. The van der Waals surface area contributed by atoms with Gasteiger partial charge in [-0.2, -0.15) is 0 Å². The van der Waals surface area contributed by atoms with E-state index in [1.54, 1.807) is 0 Å². The normalized spacial score (nSPS) is 16.2. The van der Waals surface area contributed by atoms with Gasteiger partial charge < -0.3 is 9.47 Å². The van der Waals surface area contributed by atoms with Crippen LogP contribution in [0.25, 0.3) is 0 Å². The third kappa shape index (κ3) is 2.00. The maximum Gasteiger partial charge on any atom is 0.242 e. The first-order valence-corrected chi connectivity index (χ1v) is 5.65. The number of hydrogen-bond acceptors (Lipinski definition) is 1. The first kappa shape index (κ1) is 9.77. The van der Waals surface area contributed by atoms with Crippen molar-refractivity contribution in [3.8, 4) is 0 Å². The molecule has 0 N–H and O–H groups in total. The Balaban J connectivity index is 1.97. The highest BCUT2D eigenvalue weighted by Gasteiger charge is 2.18. The number of nitrogens with zero attached hydrogens (tertiary/aromatic N) is 2. The van der Waals surface area contributed by atoms with Crippen LogP contribution in [0.15, 0.2) is 22.9 Å². The van der Waals surface area contributed by atoms with E-state index in [2.05, 4.69) is 15.9 Å². The van der Waals surface area contributed by atoms with Gasteiger partial charge in [0.15, 0.2) is 0 Å². The van der Waals surface area contributed by atoms with E-state index < -0.39 is 0 Å². The molecule has 0 radical (unpaired) electrons. The molecule has 1 amide bonds. The number of aromatic nitrogens is 1. The van der Waals surface area contributed by atoms with Crippen molar-refractivity contribution in [2.75, 3.05) is 13.1 Å². The fourth-order valence-electron chi connectivity index (χ4n) is 1.73. The van der Waals surface area contributed by atoms with Crippen molar-refractivity contribution in [1.82, 2.24) is 9.47 Å². The maximum absolute atomic E-state index is 11.7. The van der Waals surface area contributed by atoms with E-state index in [0.717, 1.165) is 30.5 Å². The molecule has 1 aliphatic heterocycles. The Kier molecular flexibility index (Phi) is 2.91. The smallest absolute Gasteiger partial charge is 0.242 e. The van der Waals surface area contributed by atoms with Crippen LogP contribution in [0, 0.1) is 0 Å². The van der Waals surface area contributed by atoms with Gasteiger partial charge in [-0.05, 0) is 40.9 Å². The van der Waals surface area contributed by atoms with Crippen LogP contribution in [-0.4, -0.2) is 28.5 Å². The third-order valence-corrected chi connectivity index (χ3v) is 3.26. The quantitative estimate of drug-likeness (QED) is 0.794. The molecule has 1 aliphatic rings. The van der Waals surface area contributed by atoms with E-state index in [9.17, 15) is 4.79 Å². The molecule has 0 spiro atoms. The molecule has 4 heteroatoms. The number of likely N-dealkylation sites (tertiary alicyclic amines) is 1. The number of amides is 1. The average Bonchev–Trinajstić information content (AvgIpc) is 2.77. The van der Waals surface area contributed by atoms with Crippen molar-refractivity contribution in [3.63, 3.8) is 0 Å². The van der Waals surface area contributed by atoms with E-state index in [0.29, 0.717) is 6.54 Å². The molecule has 1 fully saturated rings. The van der Waals surface area contributed by atoms with Crippen LogP contribution in [0.3, 0.4) is 0 Å². The van der Waals surface area contributed by atoms with Crippen LogP contribution in [0.1, 0.15) is 12.8 Å². The monoisotopic (exact) mass is 256 g/mol. The van der Waals surface area contributed by atoms with Crippen LogP contribution in [-0.2, 0) is 11.3 Å². The first-order chi connectivity index (χ1) is 6.77. The lowest BCUT2D eigenvalue weighted by Crippen LogP contribution is -2.30. The van der Waals surface area contributed by atoms with Crippen LogP contribution >= 0.6 is 15.9 Å². The summed E-state index contributed by atoms with van der Waals surface area (Å²) in [7, 11) is 0. The van der Waals surface area contributed by atoms with Crippen molar-refractivity contribution in [3.05, 3.63) is 22.9 Å². The lowest BCUT2D eigenvalue weighted by Gasteiger charge is -2.15. The zero-order valence-electron chi connectivity index (χ0n) is 7.95. The highest BCUT2D eigenvalue weighted by molar-refractivity contribution is 9.10. The van der Waals surface area contributed by atoms with E-state index in [4.69, 9.17) is 0 Å². The third-order valence-electron chi connectivity index (χ3n) is 2.54. The highest BCUT2D eigenvalue weighted by atomic mass is 79.9. The summed E-state index contributed by atoms with van der Waals surface area (Å²) in [6.45, 7) is 2.31. The maximum atomic E-state index is 11.7. The predicted molar refractivity (Wildman–Crippen MR) is 57.9 cm³/mol. The Morgan fingerprint density at radius 3 is 2.71 bits per heavy atom. The van der Waals surface area contributed by atoms with Gasteiger partial charge in [-0.25, -0.2) is 0 Å². The van der Waals surface area contributed by atoms with Crippen LogP contribution < -0.4 is 0 Å². The zero-order chi connectivity index (χ0) is 9.97. The topological polar surface area (TPSA) is 25.2 Å². The number of carbonyl (C=O) groups is 1. The fraction of sp³-hybridized carbons (Fsp3) is 0.500. The van der Waals surface area contributed by atoms with Gasteiger partial charge in [-0.15, -0.1) is 0 Å². The Bertz CT molecular complexity index is 329. The minimum absolute atomic E-state index is 0.222. The van der Waals surface area contributed by atoms with Gasteiger partial charge in [-0.1, -0.05) is 0 Å². The van der Waals surface area contributed by atoms with Gasteiger partial charge in [0, 0.05) is 19.3 Å². The molecule has 2 rings (SSSR count).